The number of aliphatic hydroxyl groups is 1. The van der Waals surface area contributed by atoms with E-state index in [4.69, 9.17) is 0 Å². The molecule has 0 saturated heterocycles. The number of aryl methyl sites for hydroxylation is 4. The number of aliphatic hydroxyl groups excluding tert-OH is 1. The number of hydrogen-bond acceptors (Lipinski definition) is 2. The summed E-state index contributed by atoms with van der Waals surface area (Å²) in [7, 11) is 0. The van der Waals surface area contributed by atoms with Gasteiger partial charge in [0.25, 0.3) is 5.91 Å². The molecule has 3 nitrogen and oxygen atoms in total. The third-order valence-electron chi connectivity index (χ3n) is 5.52. The van der Waals surface area contributed by atoms with Gasteiger partial charge < -0.3 is 10.4 Å². The average Bonchev–Trinajstić information content (AvgIpc) is 2.74. The molecule has 7 rings (SSSR count). The highest BCUT2D eigenvalue weighted by atomic mass is 16.3. The minimum Gasteiger partial charge on any atom is -0.394 e. The Hall–Kier alpha value is -2.91. The average molecular weight is 371 g/mol. The first-order chi connectivity index (χ1) is 13.7. The molecule has 0 spiro atoms. The lowest BCUT2D eigenvalue weighted by molar-refractivity contribution is 0.0915. The Kier molecular flexibility index (Phi) is 5.54. The Balaban J connectivity index is 1.61. The van der Waals surface area contributed by atoms with E-state index in [0.29, 0.717) is 0 Å². The van der Waals surface area contributed by atoms with E-state index in [2.05, 4.69) is 41.7 Å². The van der Waals surface area contributed by atoms with Crippen molar-refractivity contribution in [3.63, 3.8) is 0 Å². The lowest BCUT2D eigenvalue weighted by atomic mass is 9.93. The molecule has 4 aliphatic carbocycles. The van der Waals surface area contributed by atoms with Gasteiger partial charge in [-0.1, -0.05) is 66.7 Å². The largest absolute Gasteiger partial charge is 0.394 e. The van der Waals surface area contributed by atoms with Crippen LogP contribution in [0.15, 0.2) is 72.8 Å². The molecule has 4 aliphatic rings. The molecule has 0 radical (unpaired) electrons. The Morgan fingerprint density at radius 2 is 1.43 bits per heavy atom. The van der Waals surface area contributed by atoms with E-state index in [1.807, 2.05) is 36.4 Å². The minimum absolute atomic E-state index is 0.120. The van der Waals surface area contributed by atoms with Gasteiger partial charge in [-0.05, 0) is 59.6 Å². The van der Waals surface area contributed by atoms with Crippen LogP contribution in [0, 0.1) is 0 Å². The van der Waals surface area contributed by atoms with Crippen molar-refractivity contribution in [2.75, 3.05) is 6.61 Å². The van der Waals surface area contributed by atoms with Gasteiger partial charge in [0.1, 0.15) is 0 Å². The third-order valence-corrected chi connectivity index (χ3v) is 5.52. The number of benzene rings is 3. The fourth-order valence-electron chi connectivity index (χ4n) is 3.80. The van der Waals surface area contributed by atoms with Gasteiger partial charge in [-0.2, -0.15) is 0 Å². The highest BCUT2D eigenvalue weighted by molar-refractivity contribution is 5.96. The van der Waals surface area contributed by atoms with Crippen molar-refractivity contribution >= 4 is 5.91 Å². The molecule has 2 N–H and O–H groups in total. The van der Waals surface area contributed by atoms with Gasteiger partial charge in [-0.3, -0.25) is 4.79 Å². The molecule has 0 heterocycles. The van der Waals surface area contributed by atoms with Crippen LogP contribution in [0.4, 0.5) is 0 Å². The van der Waals surface area contributed by atoms with E-state index in [9.17, 15) is 9.90 Å². The molecule has 4 bridgehead atoms. The maximum absolute atomic E-state index is 13.1. The maximum atomic E-state index is 13.1. The van der Waals surface area contributed by atoms with Crippen molar-refractivity contribution in [1.29, 1.82) is 0 Å². The zero-order valence-electron chi connectivity index (χ0n) is 15.9. The summed E-state index contributed by atoms with van der Waals surface area (Å²) in [6.07, 6.45) is 3.59. The lowest BCUT2D eigenvalue weighted by Gasteiger charge is -2.19. The van der Waals surface area contributed by atoms with Crippen LogP contribution in [0.2, 0.25) is 0 Å². The molecule has 142 valence electrons. The smallest absolute Gasteiger partial charge is 0.252 e. The summed E-state index contributed by atoms with van der Waals surface area (Å²) in [5.74, 6) is -0.120. The third kappa shape index (κ3) is 4.15. The van der Waals surface area contributed by atoms with E-state index < -0.39 is 6.04 Å². The number of carbonyl (C=O) groups excluding carboxylic acids is 1. The van der Waals surface area contributed by atoms with E-state index in [-0.39, 0.29) is 12.5 Å². The van der Waals surface area contributed by atoms with E-state index >= 15 is 0 Å². The number of hydrogen-bond donors (Lipinski definition) is 2. The minimum atomic E-state index is -0.407. The molecule has 3 aromatic carbocycles. The number of amides is 1. The van der Waals surface area contributed by atoms with Crippen molar-refractivity contribution in [3.8, 4) is 0 Å². The van der Waals surface area contributed by atoms with E-state index in [1.165, 1.54) is 16.7 Å². The molecule has 3 aromatic rings. The Morgan fingerprint density at radius 1 is 0.821 bits per heavy atom. The van der Waals surface area contributed by atoms with E-state index in [1.54, 1.807) is 0 Å². The predicted octanol–water partition coefficient (Wildman–Crippen LogP) is 4.03. The quantitative estimate of drug-likeness (QED) is 0.727. The normalized spacial score (nSPS) is 14.2. The second-order valence-electron chi connectivity index (χ2n) is 7.43. The van der Waals surface area contributed by atoms with Gasteiger partial charge >= 0.3 is 0 Å². The van der Waals surface area contributed by atoms with Crippen molar-refractivity contribution in [2.24, 2.45) is 0 Å². The van der Waals surface area contributed by atoms with Crippen LogP contribution in [-0.2, 0) is 25.7 Å². The van der Waals surface area contributed by atoms with Gasteiger partial charge in [0.2, 0.25) is 0 Å². The summed E-state index contributed by atoms with van der Waals surface area (Å²) in [4.78, 5) is 13.1. The van der Waals surface area contributed by atoms with Crippen molar-refractivity contribution in [3.05, 3.63) is 106 Å². The van der Waals surface area contributed by atoms with Crippen molar-refractivity contribution in [2.45, 2.75) is 31.7 Å². The van der Waals surface area contributed by atoms with Gasteiger partial charge in [0, 0.05) is 5.56 Å². The highest BCUT2D eigenvalue weighted by Gasteiger charge is 2.18. The highest BCUT2D eigenvalue weighted by Crippen LogP contribution is 2.21. The second-order valence-corrected chi connectivity index (χ2v) is 7.43. The first-order valence-electron chi connectivity index (χ1n) is 9.89. The summed E-state index contributed by atoms with van der Waals surface area (Å²) < 4.78 is 0. The summed E-state index contributed by atoms with van der Waals surface area (Å²) in [6.45, 7) is -0.128. The van der Waals surface area contributed by atoms with Gasteiger partial charge in [-0.15, -0.1) is 0 Å². The molecule has 0 fully saturated rings. The number of nitrogens with one attached hydrogen (secondary N) is 1. The molecular weight excluding hydrogens is 346 g/mol. The van der Waals surface area contributed by atoms with Crippen LogP contribution in [0.5, 0.6) is 0 Å². The SMILES string of the molecule is O=C(N[C@@H](CO)c1ccccc1)c1cc2ccc1CCc1ccc(cc1)CC2. The molecule has 28 heavy (non-hydrogen) atoms. The maximum Gasteiger partial charge on any atom is 0.252 e. The molecule has 0 aromatic heterocycles. The summed E-state index contributed by atoms with van der Waals surface area (Å²) >= 11 is 0. The van der Waals surface area contributed by atoms with Crippen LogP contribution in [0.1, 0.15) is 44.2 Å². The Bertz CT molecular complexity index is 948. The zero-order chi connectivity index (χ0) is 19.3. The fourth-order valence-corrected chi connectivity index (χ4v) is 3.80. The predicted molar refractivity (Wildman–Crippen MR) is 111 cm³/mol. The van der Waals surface area contributed by atoms with Crippen molar-refractivity contribution < 1.29 is 9.90 Å². The Labute approximate surface area is 166 Å². The summed E-state index contributed by atoms with van der Waals surface area (Å²) in [5, 5.41) is 12.8. The molecule has 0 saturated carbocycles. The first-order valence-corrected chi connectivity index (χ1v) is 9.89. The topological polar surface area (TPSA) is 49.3 Å². The molecule has 3 heteroatoms. The van der Waals surface area contributed by atoms with E-state index in [0.717, 1.165) is 42.4 Å². The van der Waals surface area contributed by atoms with Crippen LogP contribution in [0.25, 0.3) is 0 Å². The molecule has 0 unspecified atom stereocenters. The van der Waals surface area contributed by atoms with Gasteiger partial charge in [0.15, 0.2) is 0 Å². The van der Waals surface area contributed by atoms with Crippen LogP contribution < -0.4 is 5.32 Å². The van der Waals surface area contributed by atoms with Crippen LogP contribution >= 0.6 is 0 Å². The lowest BCUT2D eigenvalue weighted by Crippen LogP contribution is -2.31. The zero-order valence-corrected chi connectivity index (χ0v) is 15.9. The number of rotatable bonds is 4. The molecule has 1 amide bonds. The van der Waals surface area contributed by atoms with Crippen LogP contribution in [-0.4, -0.2) is 17.6 Å². The second kappa shape index (κ2) is 8.41. The van der Waals surface area contributed by atoms with Gasteiger partial charge in [0.05, 0.1) is 12.6 Å². The van der Waals surface area contributed by atoms with Crippen molar-refractivity contribution in [1.82, 2.24) is 5.32 Å². The number of carbonyl (C=O) groups is 1. The standard InChI is InChI=1S/C25H25NO2/c27-17-24(22-4-2-1-3-5-22)26-25(28)23-16-20-11-10-18-6-8-19(9-7-18)12-14-21(23)15-13-20/h1-9,13,15-16,24,27H,10-12,14,17H2,(H,26,28)/t24-/m0/s1. The van der Waals surface area contributed by atoms with Gasteiger partial charge in [-0.25, -0.2) is 0 Å². The monoisotopic (exact) mass is 371 g/mol. The van der Waals surface area contributed by atoms with Crippen LogP contribution in [0.3, 0.4) is 0 Å². The molecule has 1 atom stereocenters. The summed E-state index contributed by atoms with van der Waals surface area (Å²) in [6, 6.07) is 24.3. The molecular formula is C25H25NO2. The molecule has 0 aliphatic heterocycles. The first kappa shape index (κ1) is 18.5. The fraction of sp³-hybridized carbons (Fsp3) is 0.240. The summed E-state index contributed by atoms with van der Waals surface area (Å²) in [5.41, 5.74) is 6.46. The Morgan fingerprint density at radius 3 is 2.11 bits per heavy atom.